The lowest BCUT2D eigenvalue weighted by Crippen LogP contribution is -2.31. The molecule has 0 unspecified atom stereocenters. The highest BCUT2D eigenvalue weighted by molar-refractivity contribution is 6.14. The van der Waals surface area contributed by atoms with Crippen molar-refractivity contribution < 1.29 is 13.9 Å². The summed E-state index contributed by atoms with van der Waals surface area (Å²) >= 11 is 0. The Labute approximate surface area is 196 Å². The minimum atomic E-state index is -0.605. The molecule has 1 heterocycles. The summed E-state index contributed by atoms with van der Waals surface area (Å²) in [5.74, 6) is 1.09. The van der Waals surface area contributed by atoms with Gasteiger partial charge in [0.15, 0.2) is 0 Å². The minimum Gasteiger partial charge on any atom is -0.457 e. The number of rotatable bonds is 5. The summed E-state index contributed by atoms with van der Waals surface area (Å²) in [5.41, 5.74) is 10.4. The van der Waals surface area contributed by atoms with E-state index in [0.29, 0.717) is 23.7 Å². The lowest BCUT2D eigenvalue weighted by molar-refractivity contribution is 0.256. The summed E-state index contributed by atoms with van der Waals surface area (Å²) in [6.45, 7) is 0.653. The maximum atomic E-state index is 13.9. The Morgan fingerprint density at radius 2 is 1.50 bits per heavy atom. The fraction of sp³-hybridized carbons (Fsp3) is 0.0714. The van der Waals surface area contributed by atoms with E-state index in [1.165, 1.54) is 17.0 Å². The van der Waals surface area contributed by atoms with Crippen molar-refractivity contribution in [2.45, 2.75) is 6.42 Å². The smallest absolute Gasteiger partial charge is 0.323 e. The van der Waals surface area contributed by atoms with Crippen LogP contribution in [0.4, 0.5) is 20.6 Å². The number of hydrogen-bond donors (Lipinski definition) is 1. The molecule has 34 heavy (non-hydrogen) atoms. The van der Waals surface area contributed by atoms with Gasteiger partial charge in [0, 0.05) is 17.7 Å². The van der Waals surface area contributed by atoms with Crippen LogP contribution in [0.5, 0.6) is 11.5 Å². The number of nitrogens with zero attached hydrogens (tertiary/aromatic N) is 2. The van der Waals surface area contributed by atoms with Gasteiger partial charge < -0.3 is 10.5 Å². The molecule has 0 spiro atoms. The first-order valence-corrected chi connectivity index (χ1v) is 10.9. The van der Waals surface area contributed by atoms with Crippen molar-refractivity contribution >= 4 is 23.1 Å². The number of primary amides is 1. The number of halogens is 1. The van der Waals surface area contributed by atoms with Gasteiger partial charge in [0.1, 0.15) is 17.3 Å². The number of urea groups is 1. The molecule has 1 aliphatic rings. The maximum absolute atomic E-state index is 13.9. The van der Waals surface area contributed by atoms with Crippen molar-refractivity contribution in [1.82, 2.24) is 0 Å². The summed E-state index contributed by atoms with van der Waals surface area (Å²) < 4.78 is 19.7. The van der Waals surface area contributed by atoms with Gasteiger partial charge in [-0.05, 0) is 72.6 Å². The lowest BCUT2D eigenvalue weighted by atomic mass is 9.93. The van der Waals surface area contributed by atoms with E-state index in [9.17, 15) is 9.18 Å². The number of ether oxygens (including phenoxy) is 1. The zero-order valence-electron chi connectivity index (χ0n) is 18.3. The molecule has 0 aromatic heterocycles. The van der Waals surface area contributed by atoms with Crippen LogP contribution < -0.4 is 15.4 Å². The third-order valence-electron chi connectivity index (χ3n) is 5.67. The zero-order valence-corrected chi connectivity index (χ0v) is 18.3. The molecule has 4 aromatic carbocycles. The predicted octanol–water partition coefficient (Wildman–Crippen LogP) is 6.23. The van der Waals surface area contributed by atoms with E-state index >= 15 is 0 Å². The summed E-state index contributed by atoms with van der Waals surface area (Å²) in [7, 11) is 0. The number of aliphatic imine (C=N–C) groups is 1. The number of carbonyl (C=O) groups is 1. The molecule has 0 radical (unpaired) electrons. The van der Waals surface area contributed by atoms with Crippen molar-refractivity contribution in [3.05, 3.63) is 120 Å². The topological polar surface area (TPSA) is 67.9 Å². The van der Waals surface area contributed by atoms with Crippen molar-refractivity contribution in [3.63, 3.8) is 0 Å². The average molecular weight is 452 g/mol. The van der Waals surface area contributed by atoms with Crippen LogP contribution in [0, 0.1) is 5.82 Å². The van der Waals surface area contributed by atoms with Crippen LogP contribution in [0.25, 0.3) is 0 Å². The first-order chi connectivity index (χ1) is 16.6. The summed E-state index contributed by atoms with van der Waals surface area (Å²) in [6, 6.07) is 28.2. The first kappa shape index (κ1) is 21.4. The molecule has 4 aromatic rings. The zero-order chi connectivity index (χ0) is 23.5. The third-order valence-corrected chi connectivity index (χ3v) is 5.67. The second-order valence-electron chi connectivity index (χ2n) is 7.91. The molecule has 0 aliphatic carbocycles. The number of benzene rings is 4. The quantitative estimate of drug-likeness (QED) is 0.391. The van der Waals surface area contributed by atoms with Gasteiger partial charge in [-0.25, -0.2) is 9.18 Å². The average Bonchev–Trinajstić information content (AvgIpc) is 2.86. The largest absolute Gasteiger partial charge is 0.457 e. The van der Waals surface area contributed by atoms with Crippen molar-refractivity contribution in [2.24, 2.45) is 10.7 Å². The normalized spacial score (nSPS) is 12.4. The maximum Gasteiger partial charge on any atom is 0.323 e. The van der Waals surface area contributed by atoms with E-state index < -0.39 is 6.03 Å². The number of carbonyl (C=O) groups excluding carboxylic acids is 1. The first-order valence-electron chi connectivity index (χ1n) is 10.9. The number of fused-ring (bicyclic) bond motifs is 1. The Morgan fingerprint density at radius 1 is 0.853 bits per heavy atom. The monoisotopic (exact) mass is 451 g/mol. The predicted molar refractivity (Wildman–Crippen MR) is 132 cm³/mol. The van der Waals surface area contributed by atoms with Crippen molar-refractivity contribution in [2.75, 3.05) is 11.4 Å². The molecule has 6 heteroatoms. The molecule has 1 aliphatic heterocycles. The molecular weight excluding hydrogens is 429 g/mol. The SMILES string of the molecule is NC(=O)N(c1ccc(Oc2ccccc2)cc1)c1ccc(C2=NCCc3ccc(F)cc32)cc1. The number of anilines is 2. The van der Waals surface area contributed by atoms with Gasteiger partial charge in [-0.2, -0.15) is 0 Å². The van der Waals surface area contributed by atoms with E-state index in [1.807, 2.05) is 60.7 Å². The third kappa shape index (κ3) is 4.38. The molecule has 2 amide bonds. The van der Waals surface area contributed by atoms with Crippen LogP contribution in [0.3, 0.4) is 0 Å². The van der Waals surface area contributed by atoms with Gasteiger partial charge in [0.05, 0.1) is 17.1 Å². The van der Waals surface area contributed by atoms with Crippen LogP contribution in [-0.2, 0) is 6.42 Å². The van der Waals surface area contributed by atoms with Gasteiger partial charge >= 0.3 is 6.03 Å². The van der Waals surface area contributed by atoms with Crippen LogP contribution in [0.15, 0.2) is 102 Å². The van der Waals surface area contributed by atoms with Gasteiger partial charge in [-0.15, -0.1) is 0 Å². The Kier molecular flexibility index (Phi) is 5.79. The van der Waals surface area contributed by atoms with E-state index in [1.54, 1.807) is 24.3 Å². The van der Waals surface area contributed by atoms with E-state index in [4.69, 9.17) is 10.5 Å². The molecule has 0 saturated carbocycles. The van der Waals surface area contributed by atoms with Crippen molar-refractivity contribution in [3.8, 4) is 11.5 Å². The van der Waals surface area contributed by atoms with Gasteiger partial charge in [0.25, 0.3) is 0 Å². The Hall–Kier alpha value is -4.45. The van der Waals surface area contributed by atoms with Crippen LogP contribution in [0.2, 0.25) is 0 Å². The molecule has 0 fully saturated rings. The van der Waals surface area contributed by atoms with Crippen LogP contribution in [-0.4, -0.2) is 18.3 Å². The second-order valence-corrected chi connectivity index (χ2v) is 7.91. The summed E-state index contributed by atoms with van der Waals surface area (Å²) in [6.07, 6.45) is 0.788. The van der Waals surface area contributed by atoms with Crippen LogP contribution >= 0.6 is 0 Å². The molecule has 2 N–H and O–H groups in total. The fourth-order valence-electron chi connectivity index (χ4n) is 4.07. The number of para-hydroxylation sites is 1. The molecular formula is C28H22FN3O2. The molecule has 0 saturated heterocycles. The number of amides is 2. The fourth-order valence-corrected chi connectivity index (χ4v) is 4.07. The Bertz CT molecular complexity index is 1350. The lowest BCUT2D eigenvalue weighted by Gasteiger charge is -2.22. The molecule has 5 nitrogen and oxygen atoms in total. The van der Waals surface area contributed by atoms with Gasteiger partial charge in [-0.1, -0.05) is 36.4 Å². The number of nitrogens with two attached hydrogens (primary N) is 1. The van der Waals surface area contributed by atoms with Gasteiger partial charge in [-0.3, -0.25) is 9.89 Å². The minimum absolute atomic E-state index is 0.287. The standard InChI is InChI=1S/C28H22FN3O2/c29-21-9-6-19-16-17-31-27(26(19)18-21)20-7-10-22(11-8-20)32(28(30)33)23-12-14-25(15-13-23)34-24-4-2-1-3-5-24/h1-15,18H,16-17H2,(H2,30,33). The molecule has 5 rings (SSSR count). The summed E-state index contributed by atoms with van der Waals surface area (Å²) in [5, 5.41) is 0. The Balaban J connectivity index is 1.40. The highest BCUT2D eigenvalue weighted by atomic mass is 19.1. The van der Waals surface area contributed by atoms with E-state index in [0.717, 1.165) is 34.6 Å². The molecule has 0 bridgehead atoms. The molecule has 0 atom stereocenters. The van der Waals surface area contributed by atoms with E-state index in [2.05, 4.69) is 4.99 Å². The highest BCUT2D eigenvalue weighted by Crippen LogP contribution is 2.30. The van der Waals surface area contributed by atoms with Gasteiger partial charge in [0.2, 0.25) is 0 Å². The van der Waals surface area contributed by atoms with Crippen LogP contribution in [0.1, 0.15) is 16.7 Å². The second kappa shape index (κ2) is 9.19. The van der Waals surface area contributed by atoms with Crippen molar-refractivity contribution in [1.29, 1.82) is 0 Å². The highest BCUT2D eigenvalue weighted by Gasteiger charge is 2.19. The molecule has 168 valence electrons. The number of hydrogen-bond acceptors (Lipinski definition) is 3. The summed E-state index contributed by atoms with van der Waals surface area (Å²) in [4.78, 5) is 18.4. The van der Waals surface area contributed by atoms with E-state index in [-0.39, 0.29) is 5.82 Å². The Morgan fingerprint density at radius 3 is 2.18 bits per heavy atom.